The fraction of sp³-hybridized carbons (Fsp3) is 0.444. The molecular weight excluding hydrogens is 140 g/mol. The van der Waals surface area contributed by atoms with E-state index in [9.17, 15) is 4.79 Å². The summed E-state index contributed by atoms with van der Waals surface area (Å²) in [5, 5.41) is 0. The first-order valence-electron chi connectivity index (χ1n) is 3.68. The minimum atomic E-state index is -0.300. The number of esters is 1. The molecule has 0 bridgehead atoms. The van der Waals surface area contributed by atoms with Gasteiger partial charge in [-0.25, -0.2) is 4.79 Å². The summed E-state index contributed by atoms with van der Waals surface area (Å²) in [5.41, 5.74) is 0.523. The maximum atomic E-state index is 10.9. The third-order valence-corrected chi connectivity index (χ3v) is 1.26. The lowest BCUT2D eigenvalue weighted by atomic mass is 10.2. The van der Waals surface area contributed by atoms with Gasteiger partial charge < -0.3 is 4.74 Å². The number of carbonyl (C=O) groups excluding carboxylic acids is 1. The van der Waals surface area contributed by atoms with Crippen LogP contribution < -0.4 is 0 Å². The van der Waals surface area contributed by atoms with E-state index in [-0.39, 0.29) is 5.97 Å². The second-order valence-corrected chi connectivity index (χ2v) is 2.12. The van der Waals surface area contributed by atoms with E-state index in [1.54, 1.807) is 6.08 Å². The van der Waals surface area contributed by atoms with Crippen molar-refractivity contribution >= 4 is 5.97 Å². The molecule has 0 unspecified atom stereocenters. The van der Waals surface area contributed by atoms with Crippen LogP contribution in [0, 0.1) is 0 Å². The Kier molecular flexibility index (Phi) is 5.17. The van der Waals surface area contributed by atoms with Crippen LogP contribution in [0.2, 0.25) is 0 Å². The molecule has 0 radical (unpaired) electrons. The molecule has 62 valence electrons. The Labute approximate surface area is 67.6 Å². The van der Waals surface area contributed by atoms with Gasteiger partial charge in [-0.15, -0.1) is 0 Å². The Balaban J connectivity index is 3.61. The Bertz CT molecular complexity index is 168. The molecule has 11 heavy (non-hydrogen) atoms. The van der Waals surface area contributed by atoms with Gasteiger partial charge in [0.1, 0.15) is 6.61 Å². The number of hydrogen-bond donors (Lipinski definition) is 0. The van der Waals surface area contributed by atoms with Crippen molar-refractivity contribution in [3.05, 3.63) is 24.3 Å². The van der Waals surface area contributed by atoms with Crippen molar-refractivity contribution < 1.29 is 9.53 Å². The van der Waals surface area contributed by atoms with Crippen LogP contribution in [-0.2, 0) is 9.53 Å². The molecule has 0 atom stereocenters. The maximum absolute atomic E-state index is 10.9. The average molecular weight is 154 g/mol. The minimum Gasteiger partial charge on any atom is -0.458 e. The van der Waals surface area contributed by atoms with Gasteiger partial charge in [0.15, 0.2) is 0 Å². The van der Waals surface area contributed by atoms with Crippen LogP contribution in [-0.4, -0.2) is 12.6 Å². The summed E-state index contributed by atoms with van der Waals surface area (Å²) in [5.74, 6) is -0.300. The smallest absolute Gasteiger partial charge is 0.333 e. The largest absolute Gasteiger partial charge is 0.458 e. The zero-order valence-corrected chi connectivity index (χ0v) is 7.09. The van der Waals surface area contributed by atoms with Crippen molar-refractivity contribution in [1.29, 1.82) is 0 Å². The molecule has 0 aromatic carbocycles. The zero-order valence-electron chi connectivity index (χ0n) is 7.09. The molecule has 0 spiro atoms. The van der Waals surface area contributed by atoms with Crippen molar-refractivity contribution in [2.75, 3.05) is 6.61 Å². The van der Waals surface area contributed by atoms with Gasteiger partial charge in [-0.05, 0) is 13.3 Å². The van der Waals surface area contributed by atoms with E-state index < -0.39 is 0 Å². The van der Waals surface area contributed by atoms with Gasteiger partial charge in [-0.1, -0.05) is 25.7 Å². The summed E-state index contributed by atoms with van der Waals surface area (Å²) >= 11 is 0. The van der Waals surface area contributed by atoms with Crippen LogP contribution in [0.1, 0.15) is 20.3 Å². The van der Waals surface area contributed by atoms with E-state index in [1.165, 1.54) is 0 Å². The number of carbonyl (C=O) groups is 1. The first kappa shape index (κ1) is 9.95. The van der Waals surface area contributed by atoms with Gasteiger partial charge in [0.05, 0.1) is 0 Å². The zero-order chi connectivity index (χ0) is 8.69. The molecular formula is C9H14O2. The predicted octanol–water partition coefficient (Wildman–Crippen LogP) is 2.07. The number of hydrogen-bond acceptors (Lipinski definition) is 2. The lowest BCUT2D eigenvalue weighted by molar-refractivity contribution is -0.137. The van der Waals surface area contributed by atoms with E-state index >= 15 is 0 Å². The second-order valence-electron chi connectivity index (χ2n) is 2.12. The van der Waals surface area contributed by atoms with Crippen LogP contribution in [0.15, 0.2) is 24.3 Å². The lowest BCUT2D eigenvalue weighted by Crippen LogP contribution is -2.06. The van der Waals surface area contributed by atoms with Crippen molar-refractivity contribution in [3.8, 4) is 0 Å². The molecule has 0 amide bonds. The fourth-order valence-electron chi connectivity index (χ4n) is 0.466. The van der Waals surface area contributed by atoms with E-state index in [2.05, 4.69) is 6.58 Å². The Hall–Kier alpha value is -1.05. The minimum absolute atomic E-state index is 0.300. The Morgan fingerprint density at radius 2 is 2.27 bits per heavy atom. The van der Waals surface area contributed by atoms with E-state index in [4.69, 9.17) is 4.74 Å². The number of ether oxygens (including phenoxy) is 1. The highest BCUT2D eigenvalue weighted by Crippen LogP contribution is 1.98. The van der Waals surface area contributed by atoms with Crippen LogP contribution in [0.5, 0.6) is 0 Å². The van der Waals surface area contributed by atoms with Crippen LogP contribution in [0.25, 0.3) is 0 Å². The van der Waals surface area contributed by atoms with E-state index in [0.29, 0.717) is 18.6 Å². The van der Waals surface area contributed by atoms with Gasteiger partial charge in [0, 0.05) is 5.57 Å². The molecule has 0 aromatic heterocycles. The molecule has 0 aromatic rings. The second kappa shape index (κ2) is 5.71. The van der Waals surface area contributed by atoms with Gasteiger partial charge in [-0.2, -0.15) is 0 Å². The topological polar surface area (TPSA) is 26.3 Å². The average Bonchev–Trinajstić information content (AvgIpc) is 2.03. The number of allylic oxidation sites excluding steroid dienone is 1. The predicted molar refractivity (Wildman–Crippen MR) is 45.2 cm³/mol. The van der Waals surface area contributed by atoms with Gasteiger partial charge in [0.2, 0.25) is 0 Å². The maximum Gasteiger partial charge on any atom is 0.333 e. The van der Waals surface area contributed by atoms with Crippen LogP contribution >= 0.6 is 0 Å². The monoisotopic (exact) mass is 154 g/mol. The van der Waals surface area contributed by atoms with E-state index in [0.717, 1.165) is 0 Å². The van der Waals surface area contributed by atoms with Crippen LogP contribution in [0.3, 0.4) is 0 Å². The molecule has 2 heteroatoms. The molecule has 0 saturated heterocycles. The van der Waals surface area contributed by atoms with Crippen molar-refractivity contribution in [1.82, 2.24) is 0 Å². The van der Waals surface area contributed by atoms with Gasteiger partial charge >= 0.3 is 5.97 Å². The SMILES string of the molecule is C=C(CC)C(=O)OCC=CC. The van der Waals surface area contributed by atoms with E-state index in [1.807, 2.05) is 19.9 Å². The summed E-state index contributed by atoms with van der Waals surface area (Å²) in [6.07, 6.45) is 4.26. The van der Waals surface area contributed by atoms with Crippen molar-refractivity contribution in [2.45, 2.75) is 20.3 Å². The summed E-state index contributed by atoms with van der Waals surface area (Å²) in [7, 11) is 0. The molecule has 0 N–H and O–H groups in total. The third-order valence-electron chi connectivity index (χ3n) is 1.26. The normalized spacial score (nSPS) is 10.0. The lowest BCUT2D eigenvalue weighted by Gasteiger charge is -2.00. The van der Waals surface area contributed by atoms with Crippen molar-refractivity contribution in [3.63, 3.8) is 0 Å². The first-order chi connectivity index (χ1) is 5.22. The highest BCUT2D eigenvalue weighted by atomic mass is 16.5. The first-order valence-corrected chi connectivity index (χ1v) is 3.68. The number of rotatable bonds is 4. The molecule has 0 heterocycles. The molecule has 2 nitrogen and oxygen atoms in total. The van der Waals surface area contributed by atoms with Crippen LogP contribution in [0.4, 0.5) is 0 Å². The standard InChI is InChI=1S/C9H14O2/c1-4-6-7-11-9(10)8(3)5-2/h4,6H,3,5,7H2,1-2H3. The molecule has 0 saturated carbocycles. The molecule has 0 fully saturated rings. The third kappa shape index (κ3) is 4.37. The highest BCUT2D eigenvalue weighted by Gasteiger charge is 2.03. The summed E-state index contributed by atoms with van der Waals surface area (Å²) in [6.45, 7) is 7.65. The summed E-state index contributed by atoms with van der Waals surface area (Å²) < 4.78 is 4.81. The van der Waals surface area contributed by atoms with Gasteiger partial charge in [-0.3, -0.25) is 0 Å². The van der Waals surface area contributed by atoms with Crippen molar-refractivity contribution in [2.24, 2.45) is 0 Å². The Morgan fingerprint density at radius 1 is 1.64 bits per heavy atom. The summed E-state index contributed by atoms with van der Waals surface area (Å²) in [4.78, 5) is 10.9. The Morgan fingerprint density at radius 3 is 2.73 bits per heavy atom. The van der Waals surface area contributed by atoms with Gasteiger partial charge in [0.25, 0.3) is 0 Å². The summed E-state index contributed by atoms with van der Waals surface area (Å²) in [6, 6.07) is 0. The molecule has 0 rings (SSSR count). The quantitative estimate of drug-likeness (QED) is 0.352. The molecule has 0 aliphatic carbocycles. The molecule has 0 aliphatic rings. The molecule has 0 aliphatic heterocycles. The fourth-order valence-corrected chi connectivity index (χ4v) is 0.466. The highest BCUT2D eigenvalue weighted by molar-refractivity contribution is 5.87.